The van der Waals surface area contributed by atoms with E-state index in [2.05, 4.69) is 24.3 Å². The van der Waals surface area contributed by atoms with Gasteiger partial charge >= 0.3 is 0 Å². The van der Waals surface area contributed by atoms with Gasteiger partial charge in [-0.15, -0.1) is 11.8 Å². The van der Waals surface area contributed by atoms with E-state index in [1.54, 1.807) is 11.8 Å². The Morgan fingerprint density at radius 1 is 1.11 bits per heavy atom. The standard InChI is InChI=1S/C21H23NO3S2/c23-21(9-12-26-17-4-2-1-3-5-17)22-10-8-20(27-13-11-22)16-6-7-18-19(14-16)25-15-24-18/h1-7,14,20H,8-13,15H2. The molecule has 4 rings (SSSR count). The summed E-state index contributed by atoms with van der Waals surface area (Å²) >= 11 is 3.68. The second kappa shape index (κ2) is 8.93. The molecule has 0 saturated carbocycles. The molecule has 1 unspecified atom stereocenters. The second-order valence-corrected chi connectivity index (χ2v) is 9.03. The third kappa shape index (κ3) is 4.74. The normalized spacial score (nSPS) is 19.0. The highest BCUT2D eigenvalue weighted by Crippen LogP contribution is 2.40. The highest BCUT2D eigenvalue weighted by atomic mass is 32.2. The molecule has 2 aliphatic rings. The van der Waals surface area contributed by atoms with Gasteiger partial charge in [0.05, 0.1) is 0 Å². The van der Waals surface area contributed by atoms with Crippen LogP contribution in [0, 0.1) is 0 Å². The van der Waals surface area contributed by atoms with Gasteiger partial charge in [-0.2, -0.15) is 11.8 Å². The molecule has 0 spiro atoms. The average Bonchev–Trinajstić information content (AvgIpc) is 3.03. The van der Waals surface area contributed by atoms with E-state index in [0.29, 0.717) is 18.5 Å². The molecule has 2 aliphatic heterocycles. The minimum atomic E-state index is 0.269. The molecule has 1 atom stereocenters. The highest BCUT2D eigenvalue weighted by molar-refractivity contribution is 7.99. The Morgan fingerprint density at radius 3 is 2.85 bits per heavy atom. The molecule has 0 radical (unpaired) electrons. The van der Waals surface area contributed by atoms with E-state index in [1.807, 2.05) is 40.9 Å². The fraction of sp³-hybridized carbons (Fsp3) is 0.381. The van der Waals surface area contributed by atoms with Crippen LogP contribution in [0.5, 0.6) is 11.5 Å². The fourth-order valence-electron chi connectivity index (χ4n) is 3.33. The Labute approximate surface area is 168 Å². The zero-order chi connectivity index (χ0) is 18.5. The minimum absolute atomic E-state index is 0.269. The summed E-state index contributed by atoms with van der Waals surface area (Å²) in [6, 6.07) is 16.5. The maximum Gasteiger partial charge on any atom is 0.231 e. The highest BCUT2D eigenvalue weighted by Gasteiger charge is 2.23. The van der Waals surface area contributed by atoms with Crippen LogP contribution < -0.4 is 9.47 Å². The van der Waals surface area contributed by atoms with Crippen molar-refractivity contribution in [1.29, 1.82) is 0 Å². The number of amides is 1. The maximum atomic E-state index is 12.6. The SMILES string of the molecule is O=C(CCSc1ccccc1)N1CCSC(c2ccc3c(c2)OCO3)CC1. The molecule has 2 aromatic rings. The zero-order valence-corrected chi connectivity index (χ0v) is 16.8. The Morgan fingerprint density at radius 2 is 1.96 bits per heavy atom. The van der Waals surface area contributed by atoms with Gasteiger partial charge in [0.15, 0.2) is 11.5 Å². The van der Waals surface area contributed by atoms with Crippen molar-refractivity contribution in [2.75, 3.05) is 31.4 Å². The molecule has 1 saturated heterocycles. The number of rotatable bonds is 5. The van der Waals surface area contributed by atoms with Crippen molar-refractivity contribution in [2.24, 2.45) is 0 Å². The van der Waals surface area contributed by atoms with Gasteiger partial charge in [-0.25, -0.2) is 0 Å². The summed E-state index contributed by atoms with van der Waals surface area (Å²) in [5.41, 5.74) is 1.26. The van der Waals surface area contributed by atoms with E-state index in [-0.39, 0.29) is 5.91 Å². The molecule has 27 heavy (non-hydrogen) atoms. The number of ether oxygens (including phenoxy) is 2. The van der Waals surface area contributed by atoms with E-state index >= 15 is 0 Å². The molecule has 0 bridgehead atoms. The lowest BCUT2D eigenvalue weighted by Gasteiger charge is -2.20. The average molecular weight is 402 g/mol. The van der Waals surface area contributed by atoms with E-state index in [4.69, 9.17) is 9.47 Å². The first-order valence-electron chi connectivity index (χ1n) is 9.26. The predicted octanol–water partition coefficient (Wildman–Crippen LogP) is 4.60. The van der Waals surface area contributed by atoms with Crippen molar-refractivity contribution in [3.8, 4) is 11.5 Å². The molecular formula is C21H23NO3S2. The number of carbonyl (C=O) groups excluding carboxylic acids is 1. The Hall–Kier alpha value is -1.79. The number of hydrogen-bond acceptors (Lipinski definition) is 5. The van der Waals surface area contributed by atoms with Gasteiger partial charge in [-0.3, -0.25) is 4.79 Å². The van der Waals surface area contributed by atoms with E-state index in [9.17, 15) is 4.79 Å². The fourth-order valence-corrected chi connectivity index (χ4v) is 5.41. The van der Waals surface area contributed by atoms with Crippen molar-refractivity contribution in [3.05, 3.63) is 54.1 Å². The smallest absolute Gasteiger partial charge is 0.231 e. The third-order valence-corrected chi connectivity index (χ3v) is 7.13. The lowest BCUT2D eigenvalue weighted by Crippen LogP contribution is -2.33. The van der Waals surface area contributed by atoms with Crippen molar-refractivity contribution in [1.82, 2.24) is 4.90 Å². The zero-order valence-electron chi connectivity index (χ0n) is 15.1. The molecule has 0 aromatic heterocycles. The molecule has 0 aliphatic carbocycles. The summed E-state index contributed by atoms with van der Waals surface area (Å²) in [7, 11) is 0. The second-order valence-electron chi connectivity index (χ2n) is 6.55. The topological polar surface area (TPSA) is 38.8 Å². The molecule has 0 N–H and O–H groups in total. The Balaban J connectivity index is 1.28. The molecule has 1 fully saturated rings. The van der Waals surface area contributed by atoms with Gasteiger partial charge in [0.1, 0.15) is 0 Å². The maximum absolute atomic E-state index is 12.6. The lowest BCUT2D eigenvalue weighted by molar-refractivity contribution is -0.130. The van der Waals surface area contributed by atoms with E-state index in [0.717, 1.165) is 42.5 Å². The van der Waals surface area contributed by atoms with Crippen LogP contribution in [0.1, 0.15) is 23.7 Å². The molecule has 142 valence electrons. The molecule has 6 heteroatoms. The van der Waals surface area contributed by atoms with Gasteiger partial charge in [0.2, 0.25) is 12.7 Å². The van der Waals surface area contributed by atoms with Crippen LogP contribution in [0.3, 0.4) is 0 Å². The van der Waals surface area contributed by atoms with Crippen LogP contribution in [0.4, 0.5) is 0 Å². The monoisotopic (exact) mass is 401 g/mol. The van der Waals surface area contributed by atoms with Gasteiger partial charge in [0.25, 0.3) is 0 Å². The van der Waals surface area contributed by atoms with Crippen LogP contribution in [-0.4, -0.2) is 42.2 Å². The molecule has 2 aromatic carbocycles. The largest absolute Gasteiger partial charge is 0.454 e. The van der Waals surface area contributed by atoms with Crippen molar-refractivity contribution in [2.45, 2.75) is 23.0 Å². The minimum Gasteiger partial charge on any atom is -0.454 e. The Kier molecular flexibility index (Phi) is 6.14. The summed E-state index contributed by atoms with van der Waals surface area (Å²) in [5, 5.41) is 0.399. The van der Waals surface area contributed by atoms with Crippen molar-refractivity contribution >= 4 is 29.4 Å². The van der Waals surface area contributed by atoms with Gasteiger partial charge < -0.3 is 14.4 Å². The summed E-state index contributed by atoms with van der Waals surface area (Å²) in [5.74, 6) is 3.73. The number of carbonyl (C=O) groups is 1. The van der Waals surface area contributed by atoms with Crippen LogP contribution in [-0.2, 0) is 4.79 Å². The quantitative estimate of drug-likeness (QED) is 0.685. The molecular weight excluding hydrogens is 378 g/mol. The van der Waals surface area contributed by atoms with Crippen molar-refractivity contribution < 1.29 is 14.3 Å². The third-order valence-electron chi connectivity index (χ3n) is 4.79. The summed E-state index contributed by atoms with van der Waals surface area (Å²) in [6.07, 6.45) is 1.57. The van der Waals surface area contributed by atoms with Crippen LogP contribution in [0.15, 0.2) is 53.4 Å². The number of hydrogen-bond donors (Lipinski definition) is 0. The number of thioether (sulfide) groups is 2. The van der Waals surface area contributed by atoms with Crippen LogP contribution in [0.2, 0.25) is 0 Å². The van der Waals surface area contributed by atoms with Gasteiger partial charge in [-0.05, 0) is 36.2 Å². The molecule has 1 amide bonds. The lowest BCUT2D eigenvalue weighted by atomic mass is 10.1. The summed E-state index contributed by atoms with van der Waals surface area (Å²) in [6.45, 7) is 1.96. The van der Waals surface area contributed by atoms with Gasteiger partial charge in [-0.1, -0.05) is 24.3 Å². The molecule has 4 nitrogen and oxygen atoms in total. The van der Waals surface area contributed by atoms with E-state index in [1.165, 1.54) is 10.5 Å². The summed E-state index contributed by atoms with van der Waals surface area (Å²) < 4.78 is 10.9. The number of benzene rings is 2. The summed E-state index contributed by atoms with van der Waals surface area (Å²) in [4.78, 5) is 15.9. The first-order chi connectivity index (χ1) is 13.3. The first kappa shape index (κ1) is 18.6. The predicted molar refractivity (Wildman–Crippen MR) is 111 cm³/mol. The molecule has 2 heterocycles. The number of fused-ring (bicyclic) bond motifs is 1. The van der Waals surface area contributed by atoms with Crippen molar-refractivity contribution in [3.63, 3.8) is 0 Å². The first-order valence-corrected chi connectivity index (χ1v) is 11.3. The van der Waals surface area contributed by atoms with Gasteiger partial charge in [0, 0.05) is 41.2 Å². The van der Waals surface area contributed by atoms with E-state index < -0.39 is 0 Å². The Bertz CT molecular complexity index is 784. The number of nitrogens with zero attached hydrogens (tertiary/aromatic N) is 1. The van der Waals surface area contributed by atoms with Crippen LogP contribution >= 0.6 is 23.5 Å². The van der Waals surface area contributed by atoms with Crippen LogP contribution in [0.25, 0.3) is 0 Å².